The summed E-state index contributed by atoms with van der Waals surface area (Å²) in [5.41, 5.74) is 3.38. The minimum absolute atomic E-state index is 0.290. The van der Waals surface area contributed by atoms with Gasteiger partial charge in [-0.1, -0.05) is 30.3 Å². The first-order valence-corrected chi connectivity index (χ1v) is 9.50. The number of carbonyl (C=O) groups excluding carboxylic acids is 2. The molecule has 1 fully saturated rings. The van der Waals surface area contributed by atoms with Crippen molar-refractivity contribution in [2.45, 2.75) is 32.6 Å². The molecule has 2 atom stereocenters. The van der Waals surface area contributed by atoms with Crippen molar-refractivity contribution < 1.29 is 9.59 Å². The van der Waals surface area contributed by atoms with Crippen molar-refractivity contribution in [1.82, 2.24) is 24.9 Å². The number of likely N-dealkylation sites (N-methyl/N-ethyl adjacent to an activating group) is 2. The minimum Gasteiger partial charge on any atom is -0.313 e. The van der Waals surface area contributed by atoms with E-state index in [1.54, 1.807) is 7.05 Å². The predicted molar refractivity (Wildman–Crippen MR) is 106 cm³/mol. The molecule has 0 saturated carbocycles. The van der Waals surface area contributed by atoms with Crippen LogP contribution in [0.25, 0.3) is 0 Å². The van der Waals surface area contributed by atoms with Crippen LogP contribution in [0.4, 0.5) is 4.79 Å². The standard InChI is InChI=1S/C20H26N6O2/c1-13-14(2)26-16-17(24(4)20(28)22-18(16)27)21-19(26)25(13)11-10-23(3)12-15-8-6-5-7-9-15/h5-9,16-17H,10-12H2,1-4H3,(H,22,27,28). The van der Waals surface area contributed by atoms with E-state index in [1.165, 1.54) is 10.5 Å². The lowest BCUT2D eigenvalue weighted by Gasteiger charge is -2.35. The fourth-order valence-electron chi connectivity index (χ4n) is 4.04. The zero-order chi connectivity index (χ0) is 20.0. The number of nitrogens with one attached hydrogen (secondary N) is 1. The van der Waals surface area contributed by atoms with Gasteiger partial charge in [0.15, 0.2) is 12.2 Å². The lowest BCUT2D eigenvalue weighted by molar-refractivity contribution is -0.126. The van der Waals surface area contributed by atoms with Crippen LogP contribution in [-0.2, 0) is 11.3 Å². The first-order chi connectivity index (χ1) is 13.4. The smallest absolute Gasteiger partial charge is 0.313 e. The average Bonchev–Trinajstić information content (AvgIpc) is 3.16. The summed E-state index contributed by atoms with van der Waals surface area (Å²) in [4.78, 5) is 37.1. The third-order valence-corrected chi connectivity index (χ3v) is 5.77. The highest BCUT2D eigenvalue weighted by Crippen LogP contribution is 2.35. The van der Waals surface area contributed by atoms with Gasteiger partial charge in [-0.25, -0.2) is 9.79 Å². The number of allylic oxidation sites excluding steroid dienone is 2. The number of benzene rings is 1. The molecule has 2 unspecified atom stereocenters. The van der Waals surface area contributed by atoms with E-state index < -0.39 is 18.2 Å². The van der Waals surface area contributed by atoms with Crippen molar-refractivity contribution in [1.29, 1.82) is 0 Å². The summed E-state index contributed by atoms with van der Waals surface area (Å²) in [6, 6.07) is 9.48. The van der Waals surface area contributed by atoms with E-state index in [-0.39, 0.29) is 5.91 Å². The maximum atomic E-state index is 12.5. The normalized spacial score (nSPS) is 24.0. The molecule has 1 saturated heterocycles. The van der Waals surface area contributed by atoms with Crippen molar-refractivity contribution in [3.05, 3.63) is 47.3 Å². The first kappa shape index (κ1) is 18.5. The van der Waals surface area contributed by atoms with E-state index >= 15 is 0 Å². The number of nitrogens with zero attached hydrogens (tertiary/aromatic N) is 5. The lowest BCUT2D eigenvalue weighted by Crippen LogP contribution is -2.63. The summed E-state index contributed by atoms with van der Waals surface area (Å²) < 4.78 is 0. The van der Waals surface area contributed by atoms with Crippen molar-refractivity contribution in [2.75, 3.05) is 27.2 Å². The van der Waals surface area contributed by atoms with Gasteiger partial charge in [-0.05, 0) is 26.5 Å². The van der Waals surface area contributed by atoms with E-state index in [0.717, 1.165) is 37.0 Å². The number of imide groups is 1. The Hall–Kier alpha value is -2.87. The topological polar surface area (TPSA) is 71.5 Å². The molecule has 3 heterocycles. The zero-order valence-electron chi connectivity index (χ0n) is 16.7. The SMILES string of the molecule is CC1=C(C)N2C(=NC3C2C(=O)NC(=O)N3C)N1CCN(C)Cc1ccccc1. The second-order valence-electron chi connectivity index (χ2n) is 7.61. The van der Waals surface area contributed by atoms with E-state index in [9.17, 15) is 9.59 Å². The fraction of sp³-hybridized carbons (Fsp3) is 0.450. The molecule has 8 heteroatoms. The summed E-state index contributed by atoms with van der Waals surface area (Å²) in [6.07, 6.45) is -0.483. The highest BCUT2D eigenvalue weighted by atomic mass is 16.2. The molecule has 0 bridgehead atoms. The van der Waals surface area contributed by atoms with Crippen LogP contribution in [0, 0.1) is 0 Å². The number of guanidine groups is 1. The highest BCUT2D eigenvalue weighted by molar-refractivity contribution is 6.05. The number of rotatable bonds is 5. The molecule has 3 aliphatic rings. The maximum absolute atomic E-state index is 12.5. The molecule has 1 aromatic carbocycles. The summed E-state index contributed by atoms with van der Waals surface area (Å²) >= 11 is 0. The Kier molecular flexibility index (Phi) is 4.58. The Balaban J connectivity index is 1.49. The third kappa shape index (κ3) is 2.93. The van der Waals surface area contributed by atoms with E-state index in [0.29, 0.717) is 0 Å². The van der Waals surface area contributed by atoms with Crippen molar-refractivity contribution in [3.8, 4) is 0 Å². The minimum atomic E-state index is -0.500. The second-order valence-corrected chi connectivity index (χ2v) is 7.61. The van der Waals surface area contributed by atoms with E-state index in [1.807, 2.05) is 17.9 Å². The fourth-order valence-corrected chi connectivity index (χ4v) is 4.04. The van der Waals surface area contributed by atoms with Crippen molar-refractivity contribution in [3.63, 3.8) is 0 Å². The monoisotopic (exact) mass is 382 g/mol. The van der Waals surface area contributed by atoms with Gasteiger partial charge in [0.2, 0.25) is 5.96 Å². The molecule has 0 aliphatic carbocycles. The van der Waals surface area contributed by atoms with E-state index in [4.69, 9.17) is 4.99 Å². The molecular weight excluding hydrogens is 356 g/mol. The number of urea groups is 1. The molecular formula is C20H26N6O2. The van der Waals surface area contributed by atoms with Crippen molar-refractivity contribution >= 4 is 17.9 Å². The Morgan fingerprint density at radius 3 is 2.57 bits per heavy atom. The number of amides is 3. The summed E-state index contributed by atoms with van der Waals surface area (Å²) in [5, 5.41) is 2.42. The van der Waals surface area contributed by atoms with Crippen LogP contribution in [0.3, 0.4) is 0 Å². The lowest BCUT2D eigenvalue weighted by atomic mass is 10.1. The molecule has 8 nitrogen and oxygen atoms in total. The molecule has 0 radical (unpaired) electrons. The second kappa shape index (κ2) is 6.94. The predicted octanol–water partition coefficient (Wildman–Crippen LogP) is 1.23. The highest BCUT2D eigenvalue weighted by Gasteiger charge is 2.52. The zero-order valence-corrected chi connectivity index (χ0v) is 16.7. The van der Waals surface area contributed by atoms with Gasteiger partial charge in [-0.2, -0.15) is 0 Å². The summed E-state index contributed by atoms with van der Waals surface area (Å²) in [5.74, 6) is 0.469. The molecule has 148 valence electrons. The van der Waals surface area contributed by atoms with Crippen LogP contribution in [0.1, 0.15) is 19.4 Å². The molecule has 3 aliphatic heterocycles. The van der Waals surface area contributed by atoms with Crippen LogP contribution in [0.15, 0.2) is 46.7 Å². The Morgan fingerprint density at radius 1 is 1.14 bits per heavy atom. The van der Waals surface area contributed by atoms with Crippen LogP contribution < -0.4 is 5.32 Å². The van der Waals surface area contributed by atoms with E-state index in [2.05, 4.69) is 53.4 Å². The average molecular weight is 382 g/mol. The third-order valence-electron chi connectivity index (χ3n) is 5.77. The van der Waals surface area contributed by atoms with Gasteiger partial charge in [-0.3, -0.25) is 15.0 Å². The van der Waals surface area contributed by atoms with Crippen LogP contribution in [0.2, 0.25) is 0 Å². The number of aliphatic imine (C=N–C) groups is 1. The number of hydrogen-bond acceptors (Lipinski definition) is 6. The number of fused-ring (bicyclic) bond motifs is 3. The van der Waals surface area contributed by atoms with Crippen LogP contribution >= 0.6 is 0 Å². The Bertz CT molecular complexity index is 865. The van der Waals surface area contributed by atoms with Crippen LogP contribution in [-0.4, -0.2) is 76.9 Å². The van der Waals surface area contributed by atoms with Gasteiger partial charge in [0.25, 0.3) is 5.91 Å². The van der Waals surface area contributed by atoms with Gasteiger partial charge in [0.05, 0.1) is 0 Å². The largest absolute Gasteiger partial charge is 0.325 e. The maximum Gasteiger partial charge on any atom is 0.325 e. The van der Waals surface area contributed by atoms with Crippen LogP contribution in [0.5, 0.6) is 0 Å². The molecule has 4 rings (SSSR count). The summed E-state index contributed by atoms with van der Waals surface area (Å²) in [6.45, 7) is 6.54. The Labute approximate surface area is 165 Å². The Morgan fingerprint density at radius 2 is 1.86 bits per heavy atom. The summed E-state index contributed by atoms with van der Waals surface area (Å²) in [7, 11) is 3.78. The van der Waals surface area contributed by atoms with Gasteiger partial charge in [0, 0.05) is 38.1 Å². The molecule has 1 N–H and O–H groups in total. The van der Waals surface area contributed by atoms with Gasteiger partial charge >= 0.3 is 6.03 Å². The van der Waals surface area contributed by atoms with Gasteiger partial charge in [0.1, 0.15) is 0 Å². The number of hydrogen-bond donors (Lipinski definition) is 1. The quantitative estimate of drug-likeness (QED) is 0.830. The first-order valence-electron chi connectivity index (χ1n) is 9.50. The molecule has 0 aromatic heterocycles. The molecule has 1 aromatic rings. The van der Waals surface area contributed by atoms with Gasteiger partial charge in [-0.15, -0.1) is 0 Å². The molecule has 0 spiro atoms. The molecule has 28 heavy (non-hydrogen) atoms. The van der Waals surface area contributed by atoms with Crippen molar-refractivity contribution in [2.24, 2.45) is 4.99 Å². The molecule has 3 amide bonds. The van der Waals surface area contributed by atoms with Gasteiger partial charge < -0.3 is 14.7 Å². The number of carbonyl (C=O) groups is 2.